The Labute approximate surface area is 127 Å². The van der Waals surface area contributed by atoms with Gasteiger partial charge in [-0.2, -0.15) is 0 Å². The number of likely N-dealkylation sites (tertiary alicyclic amines) is 1. The van der Waals surface area contributed by atoms with Gasteiger partial charge in [-0.3, -0.25) is 4.79 Å². The van der Waals surface area contributed by atoms with Gasteiger partial charge in [-0.05, 0) is 52.6 Å². The smallest absolute Gasteiger partial charge is 0.317 e. The number of nitrogens with zero attached hydrogens (tertiary/aromatic N) is 1. The van der Waals surface area contributed by atoms with Gasteiger partial charge in [-0.15, -0.1) is 0 Å². The van der Waals surface area contributed by atoms with Crippen LogP contribution in [0.25, 0.3) is 0 Å². The summed E-state index contributed by atoms with van der Waals surface area (Å²) in [5, 5.41) is 11.5. The summed E-state index contributed by atoms with van der Waals surface area (Å²) in [6, 6.07) is 0. The van der Waals surface area contributed by atoms with Crippen LogP contribution in [0, 0.1) is 5.92 Å². The predicted octanol–water partition coefficient (Wildman–Crippen LogP) is 0.586. The fourth-order valence-electron chi connectivity index (χ4n) is 2.46. The van der Waals surface area contributed by atoms with E-state index in [-0.39, 0.29) is 12.3 Å². The summed E-state index contributed by atoms with van der Waals surface area (Å²) in [5.41, 5.74) is 0. The minimum absolute atomic E-state index is 0.0189. The average Bonchev–Trinajstić information content (AvgIpc) is 2.35. The molecule has 1 heterocycles. The number of sulfone groups is 1. The average molecular weight is 320 g/mol. The van der Waals surface area contributed by atoms with Gasteiger partial charge in [0.15, 0.2) is 9.84 Å². The van der Waals surface area contributed by atoms with Gasteiger partial charge in [-0.1, -0.05) is 0 Å². The molecule has 0 aromatic rings. The molecule has 0 amide bonds. The van der Waals surface area contributed by atoms with Crippen LogP contribution < -0.4 is 5.32 Å². The molecule has 1 rings (SSSR count). The highest BCUT2D eigenvalue weighted by atomic mass is 32.2. The summed E-state index contributed by atoms with van der Waals surface area (Å²) < 4.78 is 23.5. The van der Waals surface area contributed by atoms with Crippen LogP contribution in [0.1, 0.15) is 33.6 Å². The normalized spacial score (nSPS) is 21.4. The van der Waals surface area contributed by atoms with Crippen molar-refractivity contribution in [2.45, 2.75) is 38.4 Å². The lowest BCUT2D eigenvalue weighted by Gasteiger charge is -2.33. The summed E-state index contributed by atoms with van der Waals surface area (Å²) in [4.78, 5) is 12.7. The first-order valence-electron chi connectivity index (χ1n) is 7.49. The minimum atomic E-state index is -3.08. The van der Waals surface area contributed by atoms with Crippen LogP contribution in [0.15, 0.2) is 0 Å². The van der Waals surface area contributed by atoms with Gasteiger partial charge in [0.25, 0.3) is 0 Å². The van der Waals surface area contributed by atoms with Crippen LogP contribution in [0.3, 0.4) is 0 Å². The van der Waals surface area contributed by atoms with Crippen molar-refractivity contribution in [1.29, 1.82) is 0 Å². The number of hydrogen-bond acceptors (Lipinski definition) is 5. The Morgan fingerprint density at radius 1 is 1.38 bits per heavy atom. The third-order valence-corrected chi connectivity index (χ3v) is 6.51. The number of carboxylic acid groups (broad SMARTS) is 1. The highest BCUT2D eigenvalue weighted by molar-refractivity contribution is 7.92. The Kier molecular flexibility index (Phi) is 6.62. The molecule has 6 nitrogen and oxygen atoms in total. The molecule has 0 aliphatic carbocycles. The topological polar surface area (TPSA) is 86.7 Å². The molecule has 0 aromatic heterocycles. The van der Waals surface area contributed by atoms with E-state index in [2.05, 4.69) is 10.2 Å². The van der Waals surface area contributed by atoms with Crippen molar-refractivity contribution in [2.24, 2.45) is 5.92 Å². The summed E-state index contributed by atoms with van der Waals surface area (Å²) in [6.45, 7) is 8.19. The lowest BCUT2D eigenvalue weighted by Crippen LogP contribution is -2.43. The van der Waals surface area contributed by atoms with E-state index in [0.29, 0.717) is 19.0 Å². The van der Waals surface area contributed by atoms with E-state index in [1.807, 2.05) is 0 Å². The fourth-order valence-corrected chi connectivity index (χ4v) is 3.57. The number of hydrogen-bond donors (Lipinski definition) is 2. The second-order valence-electron chi connectivity index (χ2n) is 6.76. The van der Waals surface area contributed by atoms with E-state index in [1.54, 1.807) is 20.8 Å². The molecule has 1 atom stereocenters. The Bertz CT molecular complexity index is 442. The molecule has 124 valence electrons. The molecule has 1 aliphatic heterocycles. The van der Waals surface area contributed by atoms with Crippen molar-refractivity contribution in [3.8, 4) is 0 Å². The van der Waals surface area contributed by atoms with Crippen molar-refractivity contribution >= 4 is 15.8 Å². The summed E-state index contributed by atoms with van der Waals surface area (Å²) in [7, 11) is -3.08. The molecular weight excluding hydrogens is 292 g/mol. The first-order chi connectivity index (χ1) is 9.62. The molecule has 0 aromatic carbocycles. The number of nitrogens with one attached hydrogen (secondary N) is 1. The number of carboxylic acids is 1. The molecule has 2 N–H and O–H groups in total. The summed E-state index contributed by atoms with van der Waals surface area (Å²) in [5.74, 6) is -0.263. The predicted molar refractivity (Wildman–Crippen MR) is 83.2 cm³/mol. The number of rotatable bonds is 7. The maximum Gasteiger partial charge on any atom is 0.317 e. The first-order valence-corrected chi connectivity index (χ1v) is 9.14. The van der Waals surface area contributed by atoms with Crippen LogP contribution in [0.4, 0.5) is 0 Å². The second-order valence-corrected chi connectivity index (χ2v) is 9.63. The van der Waals surface area contributed by atoms with Gasteiger partial charge in [0.2, 0.25) is 0 Å². The molecule has 0 spiro atoms. The van der Waals surface area contributed by atoms with E-state index < -0.39 is 20.6 Å². The van der Waals surface area contributed by atoms with Crippen molar-refractivity contribution in [3.63, 3.8) is 0 Å². The number of carbonyl (C=O) groups is 1. The van der Waals surface area contributed by atoms with Gasteiger partial charge in [-0.25, -0.2) is 8.42 Å². The first kappa shape index (κ1) is 18.4. The zero-order valence-electron chi connectivity index (χ0n) is 13.3. The SMILES string of the molecule is CC(C)(C)S(=O)(=O)CCN1CCCC(CNCC(=O)O)C1. The van der Waals surface area contributed by atoms with Crippen molar-refractivity contribution in [1.82, 2.24) is 10.2 Å². The van der Waals surface area contributed by atoms with E-state index in [9.17, 15) is 13.2 Å². The Balaban J connectivity index is 2.38. The molecular formula is C14H28N2O4S. The largest absolute Gasteiger partial charge is 0.480 e. The van der Waals surface area contributed by atoms with Crippen LogP contribution in [-0.2, 0) is 14.6 Å². The third-order valence-electron chi connectivity index (χ3n) is 3.92. The van der Waals surface area contributed by atoms with Gasteiger partial charge in [0, 0.05) is 13.1 Å². The fraction of sp³-hybridized carbons (Fsp3) is 0.929. The van der Waals surface area contributed by atoms with E-state index in [1.165, 1.54) is 0 Å². The van der Waals surface area contributed by atoms with Gasteiger partial charge >= 0.3 is 5.97 Å². The lowest BCUT2D eigenvalue weighted by molar-refractivity contribution is -0.136. The van der Waals surface area contributed by atoms with E-state index in [0.717, 1.165) is 25.9 Å². The van der Waals surface area contributed by atoms with Gasteiger partial charge < -0.3 is 15.3 Å². The Morgan fingerprint density at radius 2 is 2.05 bits per heavy atom. The van der Waals surface area contributed by atoms with Gasteiger partial charge in [0.05, 0.1) is 17.0 Å². The van der Waals surface area contributed by atoms with Crippen LogP contribution in [0.5, 0.6) is 0 Å². The lowest BCUT2D eigenvalue weighted by atomic mass is 9.98. The maximum atomic E-state index is 12.1. The van der Waals surface area contributed by atoms with Crippen molar-refractivity contribution in [3.05, 3.63) is 0 Å². The molecule has 0 bridgehead atoms. The standard InChI is InChI=1S/C14H28N2O4S/c1-14(2,3)21(19,20)8-7-16-6-4-5-12(11-16)9-15-10-13(17)18/h12,15H,4-11H2,1-3H3,(H,17,18). The Hall–Kier alpha value is -0.660. The van der Waals surface area contributed by atoms with Crippen LogP contribution >= 0.6 is 0 Å². The van der Waals surface area contributed by atoms with E-state index >= 15 is 0 Å². The number of aliphatic carboxylic acids is 1. The quantitative estimate of drug-likeness (QED) is 0.714. The molecule has 1 saturated heterocycles. The van der Waals surface area contributed by atoms with Crippen LogP contribution in [-0.4, -0.2) is 67.6 Å². The molecule has 1 aliphatic rings. The van der Waals surface area contributed by atoms with Crippen molar-refractivity contribution in [2.75, 3.05) is 38.5 Å². The molecule has 1 unspecified atom stereocenters. The summed E-state index contributed by atoms with van der Waals surface area (Å²) in [6.07, 6.45) is 2.10. The molecule has 1 fully saturated rings. The Morgan fingerprint density at radius 3 is 2.62 bits per heavy atom. The highest BCUT2D eigenvalue weighted by Crippen LogP contribution is 2.19. The molecule has 7 heteroatoms. The zero-order valence-corrected chi connectivity index (χ0v) is 14.1. The highest BCUT2D eigenvalue weighted by Gasteiger charge is 2.30. The van der Waals surface area contributed by atoms with Gasteiger partial charge in [0.1, 0.15) is 0 Å². The van der Waals surface area contributed by atoms with Crippen molar-refractivity contribution < 1.29 is 18.3 Å². The van der Waals surface area contributed by atoms with Crippen LogP contribution in [0.2, 0.25) is 0 Å². The summed E-state index contributed by atoms with van der Waals surface area (Å²) >= 11 is 0. The molecule has 21 heavy (non-hydrogen) atoms. The zero-order chi connectivity index (χ0) is 16.1. The van der Waals surface area contributed by atoms with E-state index in [4.69, 9.17) is 5.11 Å². The third kappa shape index (κ3) is 6.32. The molecule has 0 radical (unpaired) electrons. The molecule has 0 saturated carbocycles. The monoisotopic (exact) mass is 320 g/mol. The maximum absolute atomic E-state index is 12.1. The minimum Gasteiger partial charge on any atom is -0.480 e. The number of piperidine rings is 1. The second kappa shape index (κ2) is 7.56.